The van der Waals surface area contributed by atoms with E-state index in [1.807, 2.05) is 12.1 Å². The van der Waals surface area contributed by atoms with Gasteiger partial charge in [-0.15, -0.1) is 0 Å². The Kier molecular flexibility index (Phi) is 7.75. The molecule has 1 aromatic rings. The Morgan fingerprint density at radius 1 is 0.929 bits per heavy atom. The van der Waals surface area contributed by atoms with Crippen LogP contribution in [0.15, 0.2) is 24.3 Å². The van der Waals surface area contributed by atoms with Crippen molar-refractivity contribution in [3.8, 4) is 0 Å². The molecule has 0 unspecified atom stereocenters. The van der Waals surface area contributed by atoms with Gasteiger partial charge in [0.1, 0.15) is 0 Å². The van der Waals surface area contributed by atoms with Gasteiger partial charge in [0.2, 0.25) is 11.8 Å². The van der Waals surface area contributed by atoms with Crippen molar-refractivity contribution in [2.45, 2.75) is 64.7 Å². The number of hydrogen-bond acceptors (Lipinski definition) is 3. The van der Waals surface area contributed by atoms with Gasteiger partial charge in [-0.3, -0.25) is 9.59 Å². The monoisotopic (exact) mass is 385 g/mol. The number of anilines is 2. The number of nitrogens with zero attached hydrogens (tertiary/aromatic N) is 1. The van der Waals surface area contributed by atoms with Crippen molar-refractivity contribution in [1.82, 2.24) is 5.32 Å². The van der Waals surface area contributed by atoms with Crippen molar-refractivity contribution in [1.29, 1.82) is 0 Å². The molecule has 2 aliphatic rings. The van der Waals surface area contributed by atoms with Gasteiger partial charge < -0.3 is 15.5 Å². The van der Waals surface area contributed by atoms with Crippen LogP contribution >= 0.6 is 0 Å². The molecule has 154 valence electrons. The molecule has 5 heteroatoms. The lowest BCUT2D eigenvalue weighted by atomic mass is 9.81. The maximum Gasteiger partial charge on any atom is 0.227 e. The highest BCUT2D eigenvalue weighted by atomic mass is 16.2. The second kappa shape index (κ2) is 10.5. The van der Waals surface area contributed by atoms with E-state index < -0.39 is 0 Å². The molecule has 1 aliphatic carbocycles. The fraction of sp³-hybridized carbons (Fsp3) is 0.652. The van der Waals surface area contributed by atoms with Crippen LogP contribution in [0.5, 0.6) is 0 Å². The fourth-order valence-electron chi connectivity index (χ4n) is 4.32. The number of nitrogens with one attached hydrogen (secondary N) is 2. The fourth-order valence-corrected chi connectivity index (χ4v) is 4.32. The summed E-state index contributed by atoms with van der Waals surface area (Å²) in [6.45, 7) is 5.19. The normalized spacial score (nSPS) is 22.1. The number of unbranched alkanes of at least 4 members (excludes halogenated alkanes) is 2. The van der Waals surface area contributed by atoms with Crippen molar-refractivity contribution < 1.29 is 9.59 Å². The number of carbonyl (C=O) groups is 2. The maximum atomic E-state index is 12.6. The van der Waals surface area contributed by atoms with Crippen LogP contribution in [-0.4, -0.2) is 31.4 Å². The Hall–Kier alpha value is -2.04. The molecule has 28 heavy (non-hydrogen) atoms. The van der Waals surface area contributed by atoms with E-state index in [1.54, 1.807) is 0 Å². The predicted molar refractivity (Wildman–Crippen MR) is 115 cm³/mol. The van der Waals surface area contributed by atoms with Gasteiger partial charge in [-0.25, -0.2) is 0 Å². The van der Waals surface area contributed by atoms with Gasteiger partial charge in [-0.05, 0) is 69.2 Å². The largest absolute Gasteiger partial charge is 0.372 e. The average molecular weight is 386 g/mol. The van der Waals surface area contributed by atoms with E-state index in [1.165, 1.54) is 18.5 Å². The second-order valence-electron chi connectivity index (χ2n) is 8.28. The Labute approximate surface area is 169 Å². The molecule has 5 nitrogen and oxygen atoms in total. The van der Waals surface area contributed by atoms with Crippen LogP contribution in [0.3, 0.4) is 0 Å². The zero-order valence-corrected chi connectivity index (χ0v) is 17.2. The van der Waals surface area contributed by atoms with E-state index in [2.05, 4.69) is 34.6 Å². The van der Waals surface area contributed by atoms with E-state index in [-0.39, 0.29) is 23.7 Å². The first kappa shape index (κ1) is 20.7. The van der Waals surface area contributed by atoms with Crippen molar-refractivity contribution in [3.05, 3.63) is 24.3 Å². The zero-order valence-electron chi connectivity index (χ0n) is 17.2. The second-order valence-corrected chi connectivity index (χ2v) is 8.28. The summed E-state index contributed by atoms with van der Waals surface area (Å²) in [5.74, 6) is 0.357. The SMILES string of the molecule is CCCCCNC(=O)C1CCC(C(=O)Nc2ccc(N3CCCC3)cc2)CC1. The molecule has 1 aromatic carbocycles. The summed E-state index contributed by atoms with van der Waals surface area (Å²) >= 11 is 0. The van der Waals surface area contributed by atoms with Crippen LogP contribution in [0.25, 0.3) is 0 Å². The van der Waals surface area contributed by atoms with Crippen LogP contribution < -0.4 is 15.5 Å². The molecule has 1 saturated carbocycles. The van der Waals surface area contributed by atoms with Gasteiger partial charge in [-0.2, -0.15) is 0 Å². The molecule has 2 amide bonds. The van der Waals surface area contributed by atoms with Crippen LogP contribution in [0, 0.1) is 11.8 Å². The van der Waals surface area contributed by atoms with E-state index >= 15 is 0 Å². The lowest BCUT2D eigenvalue weighted by molar-refractivity contribution is -0.128. The van der Waals surface area contributed by atoms with Crippen LogP contribution in [0.2, 0.25) is 0 Å². The topological polar surface area (TPSA) is 61.4 Å². The minimum absolute atomic E-state index is 0.0161. The lowest BCUT2D eigenvalue weighted by Gasteiger charge is -2.27. The lowest BCUT2D eigenvalue weighted by Crippen LogP contribution is -2.35. The molecule has 0 spiro atoms. The highest BCUT2D eigenvalue weighted by Gasteiger charge is 2.29. The quantitative estimate of drug-likeness (QED) is 0.655. The van der Waals surface area contributed by atoms with Crippen molar-refractivity contribution >= 4 is 23.2 Å². The summed E-state index contributed by atoms with van der Waals surface area (Å²) in [6.07, 6.45) is 9.11. The Morgan fingerprint density at radius 2 is 1.54 bits per heavy atom. The van der Waals surface area contributed by atoms with Crippen LogP contribution in [-0.2, 0) is 9.59 Å². The maximum absolute atomic E-state index is 12.6. The first-order valence-electron chi connectivity index (χ1n) is 11.1. The highest BCUT2D eigenvalue weighted by Crippen LogP contribution is 2.30. The molecule has 0 aromatic heterocycles. The Bertz CT molecular complexity index is 630. The number of rotatable bonds is 8. The van der Waals surface area contributed by atoms with E-state index in [9.17, 15) is 9.59 Å². The van der Waals surface area contributed by atoms with Gasteiger partial charge in [0, 0.05) is 42.8 Å². The summed E-state index contributed by atoms with van der Waals surface area (Å²) in [7, 11) is 0. The molecule has 2 fully saturated rings. The average Bonchev–Trinajstić information content (AvgIpc) is 3.26. The van der Waals surface area contributed by atoms with E-state index in [4.69, 9.17) is 0 Å². The molecule has 1 heterocycles. The van der Waals surface area contributed by atoms with Crippen molar-refractivity contribution in [2.75, 3.05) is 29.9 Å². The number of hydrogen-bond donors (Lipinski definition) is 2. The van der Waals surface area contributed by atoms with Crippen LogP contribution in [0.4, 0.5) is 11.4 Å². The van der Waals surface area contributed by atoms with E-state index in [0.29, 0.717) is 0 Å². The molecule has 1 saturated heterocycles. The first-order chi connectivity index (χ1) is 13.7. The smallest absolute Gasteiger partial charge is 0.227 e. The van der Waals surface area contributed by atoms with Gasteiger partial charge in [0.05, 0.1) is 0 Å². The zero-order chi connectivity index (χ0) is 19.8. The molecule has 2 N–H and O–H groups in total. The molecule has 0 radical (unpaired) electrons. The third-order valence-corrected chi connectivity index (χ3v) is 6.15. The molecule has 0 atom stereocenters. The van der Waals surface area contributed by atoms with Gasteiger partial charge >= 0.3 is 0 Å². The molecular formula is C23H35N3O2. The van der Waals surface area contributed by atoms with Gasteiger partial charge in [0.15, 0.2) is 0 Å². The third kappa shape index (κ3) is 5.73. The Morgan fingerprint density at radius 3 is 2.14 bits per heavy atom. The van der Waals surface area contributed by atoms with Gasteiger partial charge in [0.25, 0.3) is 0 Å². The predicted octanol–water partition coefficient (Wildman–Crippen LogP) is 4.34. The summed E-state index contributed by atoms with van der Waals surface area (Å²) in [5, 5.41) is 6.12. The van der Waals surface area contributed by atoms with Crippen molar-refractivity contribution in [2.24, 2.45) is 11.8 Å². The minimum atomic E-state index is 0.0161. The van der Waals surface area contributed by atoms with Crippen molar-refractivity contribution in [3.63, 3.8) is 0 Å². The molecular weight excluding hydrogens is 350 g/mol. The van der Waals surface area contributed by atoms with Crippen LogP contribution in [0.1, 0.15) is 64.7 Å². The summed E-state index contributed by atoms with van der Waals surface area (Å²) in [5.41, 5.74) is 2.10. The number of amides is 2. The third-order valence-electron chi connectivity index (χ3n) is 6.15. The Balaban J connectivity index is 1.40. The first-order valence-corrected chi connectivity index (χ1v) is 11.1. The standard InChI is InChI=1S/C23H35N3O2/c1-2-3-4-15-24-22(27)18-7-9-19(10-8-18)23(28)25-20-11-13-21(14-12-20)26-16-5-6-17-26/h11-14,18-19H,2-10,15-17H2,1H3,(H,24,27)(H,25,28). The summed E-state index contributed by atoms with van der Waals surface area (Å²) < 4.78 is 0. The summed E-state index contributed by atoms with van der Waals surface area (Å²) in [4.78, 5) is 27.3. The number of carbonyl (C=O) groups excluding carboxylic acids is 2. The molecule has 3 rings (SSSR count). The van der Waals surface area contributed by atoms with Gasteiger partial charge in [-0.1, -0.05) is 19.8 Å². The number of benzene rings is 1. The molecule has 0 bridgehead atoms. The minimum Gasteiger partial charge on any atom is -0.372 e. The highest BCUT2D eigenvalue weighted by molar-refractivity contribution is 5.93. The summed E-state index contributed by atoms with van der Waals surface area (Å²) in [6, 6.07) is 8.20. The molecule has 1 aliphatic heterocycles. The van der Waals surface area contributed by atoms with E-state index in [0.717, 1.165) is 70.3 Å².